The molecule has 0 bridgehead atoms. The first kappa shape index (κ1) is 16.7. The van der Waals surface area contributed by atoms with Crippen LogP contribution in [0.3, 0.4) is 0 Å². The summed E-state index contributed by atoms with van der Waals surface area (Å²) in [6, 6.07) is 12.1. The Balaban J connectivity index is 1.68. The number of pyridine rings is 1. The lowest BCUT2D eigenvalue weighted by Crippen LogP contribution is -2.38. The van der Waals surface area contributed by atoms with Gasteiger partial charge in [-0.15, -0.1) is 0 Å². The van der Waals surface area contributed by atoms with Crippen LogP contribution >= 0.6 is 0 Å². The molecule has 1 aliphatic rings. The van der Waals surface area contributed by atoms with E-state index >= 15 is 0 Å². The van der Waals surface area contributed by atoms with Crippen LogP contribution in [-0.2, 0) is 11.2 Å². The Morgan fingerprint density at radius 2 is 2.12 bits per heavy atom. The zero-order valence-corrected chi connectivity index (χ0v) is 14.1. The second-order valence-corrected chi connectivity index (χ2v) is 6.36. The Labute approximate surface area is 143 Å². The second kappa shape index (κ2) is 8.06. The summed E-state index contributed by atoms with van der Waals surface area (Å²) < 4.78 is 5.73. The summed E-state index contributed by atoms with van der Waals surface area (Å²) in [5.74, 6) is 0.0331. The minimum atomic E-state index is 0.0331. The van der Waals surface area contributed by atoms with Gasteiger partial charge in [0.2, 0.25) is 0 Å². The minimum Gasteiger partial charge on any atom is -0.376 e. The van der Waals surface area contributed by atoms with Crippen LogP contribution in [0.25, 0.3) is 0 Å². The van der Waals surface area contributed by atoms with E-state index in [9.17, 15) is 4.79 Å². The monoisotopic (exact) mass is 324 g/mol. The average Bonchev–Trinajstić information content (AvgIpc) is 3.13. The van der Waals surface area contributed by atoms with E-state index in [1.165, 1.54) is 11.1 Å². The fraction of sp³-hybridized carbons (Fsp3) is 0.400. The van der Waals surface area contributed by atoms with Crippen molar-refractivity contribution in [2.45, 2.75) is 32.3 Å². The third-order valence-electron chi connectivity index (χ3n) is 4.43. The maximum absolute atomic E-state index is 12.8. The SMILES string of the molecule is Cc1ccc(CCN(CC2CCCO2)C(=O)c2cccnc2)cc1. The Morgan fingerprint density at radius 3 is 2.79 bits per heavy atom. The number of aromatic nitrogens is 1. The van der Waals surface area contributed by atoms with E-state index in [2.05, 4.69) is 36.2 Å². The normalized spacial score (nSPS) is 17.0. The molecule has 24 heavy (non-hydrogen) atoms. The molecular formula is C20H24N2O2. The highest BCUT2D eigenvalue weighted by atomic mass is 16.5. The quantitative estimate of drug-likeness (QED) is 0.819. The Hall–Kier alpha value is -2.20. The topological polar surface area (TPSA) is 42.4 Å². The maximum Gasteiger partial charge on any atom is 0.255 e. The van der Waals surface area contributed by atoms with Crippen molar-refractivity contribution in [2.75, 3.05) is 19.7 Å². The molecule has 2 aromatic rings. The molecule has 0 aliphatic carbocycles. The van der Waals surface area contributed by atoms with Crippen molar-refractivity contribution in [2.24, 2.45) is 0 Å². The van der Waals surface area contributed by atoms with Crippen molar-refractivity contribution < 1.29 is 9.53 Å². The highest BCUT2D eigenvalue weighted by molar-refractivity contribution is 5.93. The predicted molar refractivity (Wildman–Crippen MR) is 94.0 cm³/mol. The third kappa shape index (κ3) is 4.42. The number of nitrogens with zero attached hydrogens (tertiary/aromatic N) is 2. The first-order chi connectivity index (χ1) is 11.7. The lowest BCUT2D eigenvalue weighted by Gasteiger charge is -2.25. The zero-order valence-electron chi connectivity index (χ0n) is 14.1. The van der Waals surface area contributed by atoms with Crippen LogP contribution < -0.4 is 0 Å². The van der Waals surface area contributed by atoms with Gasteiger partial charge in [0, 0.05) is 32.1 Å². The summed E-state index contributed by atoms with van der Waals surface area (Å²) >= 11 is 0. The van der Waals surface area contributed by atoms with Crippen molar-refractivity contribution in [3.8, 4) is 0 Å². The molecule has 1 aliphatic heterocycles. The van der Waals surface area contributed by atoms with Gasteiger partial charge in [-0.3, -0.25) is 9.78 Å². The minimum absolute atomic E-state index is 0.0331. The molecule has 0 N–H and O–H groups in total. The van der Waals surface area contributed by atoms with E-state index in [1.807, 2.05) is 11.0 Å². The van der Waals surface area contributed by atoms with Crippen LogP contribution in [0.2, 0.25) is 0 Å². The van der Waals surface area contributed by atoms with Crippen molar-refractivity contribution in [1.29, 1.82) is 0 Å². The molecule has 1 saturated heterocycles. The summed E-state index contributed by atoms with van der Waals surface area (Å²) in [4.78, 5) is 18.8. The van der Waals surface area contributed by atoms with Gasteiger partial charge < -0.3 is 9.64 Å². The molecule has 126 valence electrons. The highest BCUT2D eigenvalue weighted by Crippen LogP contribution is 2.16. The van der Waals surface area contributed by atoms with Crippen molar-refractivity contribution in [1.82, 2.24) is 9.88 Å². The Kier molecular flexibility index (Phi) is 5.59. The smallest absolute Gasteiger partial charge is 0.255 e. The average molecular weight is 324 g/mol. The number of carbonyl (C=O) groups excluding carboxylic acids is 1. The number of hydrogen-bond acceptors (Lipinski definition) is 3. The number of benzene rings is 1. The van der Waals surface area contributed by atoms with Gasteiger partial charge >= 0.3 is 0 Å². The van der Waals surface area contributed by atoms with Gasteiger partial charge in [0.25, 0.3) is 5.91 Å². The lowest BCUT2D eigenvalue weighted by atomic mass is 10.1. The molecule has 3 rings (SSSR count). The van der Waals surface area contributed by atoms with Gasteiger partial charge in [-0.25, -0.2) is 0 Å². The molecule has 1 fully saturated rings. The number of amides is 1. The van der Waals surface area contributed by atoms with Gasteiger partial charge in [-0.05, 0) is 43.9 Å². The predicted octanol–water partition coefficient (Wildman–Crippen LogP) is 3.25. The molecule has 1 aromatic carbocycles. The Bertz CT molecular complexity index is 649. The summed E-state index contributed by atoms with van der Waals surface area (Å²) in [7, 11) is 0. The van der Waals surface area contributed by atoms with E-state index in [1.54, 1.807) is 18.5 Å². The van der Waals surface area contributed by atoms with Crippen LogP contribution in [-0.4, -0.2) is 41.6 Å². The van der Waals surface area contributed by atoms with Crippen molar-refractivity contribution in [3.05, 3.63) is 65.5 Å². The molecule has 4 nitrogen and oxygen atoms in total. The van der Waals surface area contributed by atoms with E-state index in [0.717, 1.165) is 25.9 Å². The van der Waals surface area contributed by atoms with E-state index in [0.29, 0.717) is 18.7 Å². The molecule has 4 heteroatoms. The summed E-state index contributed by atoms with van der Waals surface area (Å²) in [5.41, 5.74) is 3.14. The maximum atomic E-state index is 12.8. The van der Waals surface area contributed by atoms with Crippen LogP contribution in [0, 0.1) is 6.92 Å². The number of aryl methyl sites for hydroxylation is 1. The number of carbonyl (C=O) groups is 1. The van der Waals surface area contributed by atoms with Crippen LogP contribution in [0.5, 0.6) is 0 Å². The van der Waals surface area contributed by atoms with Crippen LogP contribution in [0.1, 0.15) is 34.3 Å². The largest absolute Gasteiger partial charge is 0.376 e. The van der Waals surface area contributed by atoms with Gasteiger partial charge in [-0.1, -0.05) is 29.8 Å². The first-order valence-corrected chi connectivity index (χ1v) is 8.59. The molecule has 1 unspecified atom stereocenters. The first-order valence-electron chi connectivity index (χ1n) is 8.59. The van der Waals surface area contributed by atoms with Crippen molar-refractivity contribution >= 4 is 5.91 Å². The number of ether oxygens (including phenoxy) is 1. The van der Waals surface area contributed by atoms with Gasteiger partial charge in [-0.2, -0.15) is 0 Å². The molecular weight excluding hydrogens is 300 g/mol. The summed E-state index contributed by atoms with van der Waals surface area (Å²) in [6.07, 6.45) is 6.44. The second-order valence-electron chi connectivity index (χ2n) is 6.36. The number of hydrogen-bond donors (Lipinski definition) is 0. The Morgan fingerprint density at radius 1 is 1.29 bits per heavy atom. The third-order valence-corrected chi connectivity index (χ3v) is 4.43. The molecule has 1 aromatic heterocycles. The molecule has 0 saturated carbocycles. The lowest BCUT2D eigenvalue weighted by molar-refractivity contribution is 0.0528. The molecule has 1 atom stereocenters. The van der Waals surface area contributed by atoms with E-state index < -0.39 is 0 Å². The fourth-order valence-corrected chi connectivity index (χ4v) is 3.00. The van der Waals surface area contributed by atoms with Gasteiger partial charge in [0.05, 0.1) is 11.7 Å². The van der Waals surface area contributed by atoms with Crippen LogP contribution in [0.4, 0.5) is 0 Å². The van der Waals surface area contributed by atoms with Gasteiger partial charge in [0.1, 0.15) is 0 Å². The summed E-state index contributed by atoms with van der Waals surface area (Å²) in [6.45, 7) is 4.23. The fourth-order valence-electron chi connectivity index (χ4n) is 3.00. The highest BCUT2D eigenvalue weighted by Gasteiger charge is 2.23. The number of rotatable bonds is 6. The zero-order chi connectivity index (χ0) is 16.8. The summed E-state index contributed by atoms with van der Waals surface area (Å²) in [5, 5.41) is 0. The molecule has 2 heterocycles. The molecule has 1 amide bonds. The molecule has 0 radical (unpaired) electrons. The van der Waals surface area contributed by atoms with E-state index in [4.69, 9.17) is 4.74 Å². The van der Waals surface area contributed by atoms with Crippen LogP contribution in [0.15, 0.2) is 48.8 Å². The standard InChI is InChI=1S/C20H24N2O2/c1-16-6-8-17(9-7-16)10-12-22(15-19-5-3-13-24-19)20(23)18-4-2-11-21-14-18/h2,4,6-9,11,14,19H,3,5,10,12-13,15H2,1H3. The van der Waals surface area contributed by atoms with E-state index in [-0.39, 0.29) is 12.0 Å². The van der Waals surface area contributed by atoms with Gasteiger partial charge in [0.15, 0.2) is 0 Å². The van der Waals surface area contributed by atoms with Crippen molar-refractivity contribution in [3.63, 3.8) is 0 Å². The molecule has 0 spiro atoms.